The molecule has 32 heavy (non-hydrogen) atoms. The van der Waals surface area contributed by atoms with E-state index in [0.717, 1.165) is 21.2 Å². The van der Waals surface area contributed by atoms with Crippen molar-refractivity contribution in [1.29, 1.82) is 0 Å². The molecule has 0 bridgehead atoms. The summed E-state index contributed by atoms with van der Waals surface area (Å²) >= 11 is 3.48. The Morgan fingerprint density at radius 1 is 0.938 bits per heavy atom. The molecule has 0 saturated heterocycles. The van der Waals surface area contributed by atoms with Gasteiger partial charge in [-0.05, 0) is 47.4 Å². The molecule has 1 aliphatic rings. The molecule has 6 heteroatoms. The van der Waals surface area contributed by atoms with Crippen LogP contribution in [0.15, 0.2) is 83.0 Å². The van der Waals surface area contributed by atoms with Crippen LogP contribution in [0.2, 0.25) is 0 Å². The number of rotatable bonds is 7. The van der Waals surface area contributed by atoms with Crippen LogP contribution in [0.4, 0.5) is 0 Å². The van der Waals surface area contributed by atoms with E-state index in [1.54, 1.807) is 19.1 Å². The van der Waals surface area contributed by atoms with Gasteiger partial charge in [0.15, 0.2) is 17.3 Å². The Morgan fingerprint density at radius 2 is 1.62 bits per heavy atom. The van der Waals surface area contributed by atoms with Gasteiger partial charge in [0.2, 0.25) is 0 Å². The van der Waals surface area contributed by atoms with Crippen LogP contribution >= 0.6 is 15.9 Å². The van der Waals surface area contributed by atoms with Crippen LogP contribution in [-0.2, 0) is 11.2 Å². The lowest BCUT2D eigenvalue weighted by molar-refractivity contribution is -0.129. The minimum absolute atomic E-state index is 0.198. The predicted octanol–water partition coefficient (Wildman–Crippen LogP) is 5.56. The summed E-state index contributed by atoms with van der Waals surface area (Å²) in [5.74, 6) is 0.744. The second kappa shape index (κ2) is 9.49. The number of amides is 1. The number of aliphatic hydroxyl groups excluding tert-OH is 1. The molecular weight excluding hydrogens is 470 g/mol. The monoisotopic (exact) mass is 493 g/mol. The van der Waals surface area contributed by atoms with Crippen molar-refractivity contribution in [2.75, 3.05) is 20.8 Å². The Bertz CT molecular complexity index is 1140. The average Bonchev–Trinajstić information content (AvgIpc) is 3.08. The molecule has 1 N–H and O–H groups in total. The molecule has 0 fully saturated rings. The van der Waals surface area contributed by atoms with Crippen LogP contribution in [0.25, 0.3) is 5.57 Å². The number of aliphatic hydroxyl groups is 1. The maximum absolute atomic E-state index is 13.1. The van der Waals surface area contributed by atoms with E-state index < -0.39 is 0 Å². The van der Waals surface area contributed by atoms with Gasteiger partial charge in [-0.2, -0.15) is 0 Å². The second-order valence-corrected chi connectivity index (χ2v) is 8.44. The summed E-state index contributed by atoms with van der Waals surface area (Å²) in [6.07, 6.45) is 0.606. The number of benzene rings is 3. The Hall–Kier alpha value is -3.25. The van der Waals surface area contributed by atoms with Crippen molar-refractivity contribution in [3.05, 3.63) is 99.7 Å². The molecule has 0 saturated carbocycles. The molecule has 4 rings (SSSR count). The molecule has 0 spiro atoms. The van der Waals surface area contributed by atoms with Crippen molar-refractivity contribution in [2.45, 2.75) is 12.5 Å². The number of ether oxygens (including phenoxy) is 2. The quantitative estimate of drug-likeness (QED) is 0.467. The van der Waals surface area contributed by atoms with E-state index in [4.69, 9.17) is 9.47 Å². The summed E-state index contributed by atoms with van der Waals surface area (Å²) in [5.41, 5.74) is 3.42. The van der Waals surface area contributed by atoms with Crippen molar-refractivity contribution in [1.82, 2.24) is 4.90 Å². The smallest absolute Gasteiger partial charge is 0.289 e. The van der Waals surface area contributed by atoms with Gasteiger partial charge in [0.05, 0.1) is 20.3 Å². The number of halogens is 1. The van der Waals surface area contributed by atoms with Gasteiger partial charge in [-0.1, -0.05) is 64.5 Å². The first kappa shape index (κ1) is 22.0. The number of hydrogen-bond donors (Lipinski definition) is 1. The number of hydrogen-bond acceptors (Lipinski definition) is 4. The van der Waals surface area contributed by atoms with Crippen LogP contribution in [-0.4, -0.2) is 36.7 Å². The van der Waals surface area contributed by atoms with Crippen LogP contribution in [0.1, 0.15) is 22.7 Å². The zero-order valence-electron chi connectivity index (χ0n) is 17.9. The van der Waals surface area contributed by atoms with Gasteiger partial charge in [-0.3, -0.25) is 4.79 Å². The maximum atomic E-state index is 13.1. The van der Waals surface area contributed by atoms with Gasteiger partial charge in [0.1, 0.15) is 0 Å². The summed E-state index contributed by atoms with van der Waals surface area (Å²) in [4.78, 5) is 14.9. The lowest BCUT2D eigenvalue weighted by Gasteiger charge is -2.27. The highest BCUT2D eigenvalue weighted by Gasteiger charge is 2.40. The molecule has 1 heterocycles. The second-order valence-electron chi connectivity index (χ2n) is 7.52. The Labute approximate surface area is 196 Å². The highest BCUT2D eigenvalue weighted by atomic mass is 79.9. The van der Waals surface area contributed by atoms with Gasteiger partial charge >= 0.3 is 0 Å². The van der Waals surface area contributed by atoms with Crippen LogP contribution in [0, 0.1) is 0 Å². The van der Waals surface area contributed by atoms with Crippen molar-refractivity contribution < 1.29 is 19.4 Å². The van der Waals surface area contributed by atoms with E-state index in [-0.39, 0.29) is 17.7 Å². The molecule has 3 aromatic rings. The molecule has 0 unspecified atom stereocenters. The first-order chi connectivity index (χ1) is 15.5. The molecule has 5 nitrogen and oxygen atoms in total. The van der Waals surface area contributed by atoms with E-state index >= 15 is 0 Å². The predicted molar refractivity (Wildman–Crippen MR) is 128 cm³/mol. The van der Waals surface area contributed by atoms with E-state index in [1.165, 1.54) is 0 Å². The Morgan fingerprint density at radius 3 is 2.28 bits per heavy atom. The van der Waals surface area contributed by atoms with Gasteiger partial charge in [0, 0.05) is 16.6 Å². The van der Waals surface area contributed by atoms with Crippen molar-refractivity contribution in [2.24, 2.45) is 0 Å². The van der Waals surface area contributed by atoms with Crippen molar-refractivity contribution in [3.63, 3.8) is 0 Å². The SMILES string of the molecule is COc1ccc(CCN2C(=O)C(O)=C(c3ccccc3)[C@@H]2c2ccc(Br)cc2)cc1OC. The highest BCUT2D eigenvalue weighted by molar-refractivity contribution is 9.10. The van der Waals surface area contributed by atoms with E-state index in [9.17, 15) is 9.90 Å². The fraction of sp³-hybridized carbons (Fsp3) is 0.192. The van der Waals surface area contributed by atoms with Gasteiger partial charge in [-0.25, -0.2) is 0 Å². The van der Waals surface area contributed by atoms with Crippen LogP contribution in [0.3, 0.4) is 0 Å². The minimum atomic E-state index is -0.377. The van der Waals surface area contributed by atoms with Gasteiger partial charge in [-0.15, -0.1) is 0 Å². The highest BCUT2D eigenvalue weighted by Crippen LogP contribution is 2.43. The first-order valence-electron chi connectivity index (χ1n) is 10.3. The van der Waals surface area contributed by atoms with Crippen LogP contribution in [0.5, 0.6) is 11.5 Å². The number of nitrogens with zero attached hydrogens (tertiary/aromatic N) is 1. The summed E-state index contributed by atoms with van der Waals surface area (Å²) in [5, 5.41) is 10.9. The fourth-order valence-electron chi connectivity index (χ4n) is 4.07. The summed E-state index contributed by atoms with van der Waals surface area (Å²) < 4.78 is 11.7. The first-order valence-corrected chi connectivity index (χ1v) is 11.1. The maximum Gasteiger partial charge on any atom is 0.289 e. The normalized spacial score (nSPS) is 15.9. The Balaban J connectivity index is 1.68. The standard InChI is InChI=1S/C26H24BrNO4/c1-31-21-13-8-17(16-22(21)32-2)14-15-28-24(19-9-11-20(27)12-10-19)23(25(29)26(28)30)18-6-4-3-5-7-18/h3-13,16,24,29H,14-15H2,1-2H3/t24-/m0/s1. The molecule has 0 aromatic heterocycles. The molecule has 3 aromatic carbocycles. The summed E-state index contributed by atoms with van der Waals surface area (Å²) in [6.45, 7) is 0.440. The molecule has 164 valence electrons. The van der Waals surface area contributed by atoms with E-state index in [1.807, 2.05) is 72.8 Å². The summed E-state index contributed by atoms with van der Waals surface area (Å²) in [7, 11) is 3.20. The third-order valence-electron chi connectivity index (χ3n) is 5.66. The minimum Gasteiger partial charge on any atom is -0.503 e. The molecule has 1 atom stereocenters. The van der Waals surface area contributed by atoms with Gasteiger partial charge < -0.3 is 19.5 Å². The lowest BCUT2D eigenvalue weighted by atomic mass is 9.93. The largest absolute Gasteiger partial charge is 0.503 e. The third-order valence-corrected chi connectivity index (χ3v) is 6.19. The molecule has 0 radical (unpaired) electrons. The number of methoxy groups -OCH3 is 2. The average molecular weight is 494 g/mol. The number of carbonyl (C=O) groups excluding carboxylic acids is 1. The van der Waals surface area contributed by atoms with E-state index in [0.29, 0.717) is 30.0 Å². The van der Waals surface area contributed by atoms with E-state index in [2.05, 4.69) is 15.9 Å². The zero-order valence-corrected chi connectivity index (χ0v) is 19.5. The molecule has 1 aliphatic heterocycles. The molecule has 1 amide bonds. The summed E-state index contributed by atoms with van der Waals surface area (Å²) in [6, 6.07) is 22.8. The third kappa shape index (κ3) is 4.23. The zero-order chi connectivity index (χ0) is 22.7. The van der Waals surface area contributed by atoms with Crippen molar-refractivity contribution >= 4 is 27.4 Å². The lowest BCUT2D eigenvalue weighted by Crippen LogP contribution is -2.32. The Kier molecular flexibility index (Phi) is 6.51. The van der Waals surface area contributed by atoms with Crippen molar-refractivity contribution in [3.8, 4) is 11.5 Å². The molecular formula is C26H24BrNO4. The molecule has 0 aliphatic carbocycles. The fourth-order valence-corrected chi connectivity index (χ4v) is 4.34. The topological polar surface area (TPSA) is 59.0 Å². The number of carbonyl (C=O) groups is 1. The van der Waals surface area contributed by atoms with Crippen LogP contribution < -0.4 is 9.47 Å². The van der Waals surface area contributed by atoms with Gasteiger partial charge in [0.25, 0.3) is 5.91 Å².